The molecule has 6 heteroatoms. The Kier molecular flexibility index (Phi) is 3.32. The van der Waals surface area contributed by atoms with Crippen molar-refractivity contribution in [2.45, 2.75) is 13.8 Å². The van der Waals surface area contributed by atoms with E-state index in [0.717, 1.165) is 20.8 Å². The van der Waals surface area contributed by atoms with Gasteiger partial charge in [-0.2, -0.15) is 0 Å². The molecule has 2 heterocycles. The zero-order chi connectivity index (χ0) is 14.4. The maximum Gasteiger partial charge on any atom is 0.260 e. The number of rotatable bonds is 1. The molecule has 0 fully saturated rings. The first kappa shape index (κ1) is 13.6. The van der Waals surface area contributed by atoms with Crippen molar-refractivity contribution < 1.29 is 0 Å². The van der Waals surface area contributed by atoms with Gasteiger partial charge in [-0.3, -0.25) is 4.79 Å². The minimum Gasteiger partial charge on any atom is -0.310 e. The standard InChI is InChI=1S/C14H10Cl2N2OS/c1-6-11(9-4-3-8(15)5-10(9)16)12-13(19)17-7(2)18-14(12)20-6/h3-5H,1-2H3,(H,17,18,19). The van der Waals surface area contributed by atoms with Crippen molar-refractivity contribution in [1.29, 1.82) is 0 Å². The molecule has 0 saturated carbocycles. The van der Waals surface area contributed by atoms with Crippen LogP contribution < -0.4 is 5.56 Å². The molecule has 0 unspecified atom stereocenters. The summed E-state index contributed by atoms with van der Waals surface area (Å²) in [5, 5.41) is 1.68. The van der Waals surface area contributed by atoms with Crippen molar-refractivity contribution in [1.82, 2.24) is 9.97 Å². The summed E-state index contributed by atoms with van der Waals surface area (Å²) in [4.78, 5) is 21.1. The Hall–Kier alpha value is -1.36. The van der Waals surface area contributed by atoms with Crippen LogP contribution in [-0.4, -0.2) is 9.97 Å². The molecule has 1 N–H and O–H groups in total. The predicted molar refractivity (Wildman–Crippen MR) is 85.2 cm³/mol. The van der Waals surface area contributed by atoms with Gasteiger partial charge in [-0.05, 0) is 26.0 Å². The fourth-order valence-corrected chi connectivity index (χ4v) is 3.83. The number of hydrogen-bond donors (Lipinski definition) is 1. The molecule has 0 spiro atoms. The Balaban J connectivity index is 2.42. The smallest absolute Gasteiger partial charge is 0.260 e. The fourth-order valence-electron chi connectivity index (χ4n) is 2.24. The molecule has 0 radical (unpaired) electrons. The summed E-state index contributed by atoms with van der Waals surface area (Å²) < 4.78 is 0. The third-order valence-corrected chi connectivity index (χ3v) is 4.60. The quantitative estimate of drug-likeness (QED) is 0.712. The average Bonchev–Trinajstić information content (AvgIpc) is 2.65. The molecule has 20 heavy (non-hydrogen) atoms. The molecular formula is C14H10Cl2N2OS. The van der Waals surface area contributed by atoms with Gasteiger partial charge in [0.05, 0.1) is 5.39 Å². The second kappa shape index (κ2) is 4.88. The largest absolute Gasteiger partial charge is 0.310 e. The number of H-pyrrole nitrogens is 1. The molecule has 1 aromatic carbocycles. The van der Waals surface area contributed by atoms with Crippen molar-refractivity contribution in [3.63, 3.8) is 0 Å². The summed E-state index contributed by atoms with van der Waals surface area (Å²) in [5.41, 5.74) is 1.49. The van der Waals surface area contributed by atoms with Crippen LogP contribution in [-0.2, 0) is 0 Å². The highest BCUT2D eigenvalue weighted by molar-refractivity contribution is 7.19. The van der Waals surface area contributed by atoms with Gasteiger partial charge < -0.3 is 4.98 Å². The highest BCUT2D eigenvalue weighted by atomic mass is 35.5. The van der Waals surface area contributed by atoms with E-state index in [4.69, 9.17) is 23.2 Å². The van der Waals surface area contributed by atoms with Crippen molar-refractivity contribution in [3.05, 3.63) is 49.3 Å². The molecule has 0 aliphatic carbocycles. The van der Waals surface area contributed by atoms with Crippen LogP contribution in [0.1, 0.15) is 10.7 Å². The number of benzene rings is 1. The topological polar surface area (TPSA) is 45.8 Å². The third-order valence-electron chi connectivity index (χ3n) is 3.06. The molecule has 0 amide bonds. The van der Waals surface area contributed by atoms with E-state index in [2.05, 4.69) is 9.97 Å². The Morgan fingerprint density at radius 3 is 2.70 bits per heavy atom. The number of aryl methyl sites for hydroxylation is 2. The number of halogens is 2. The Morgan fingerprint density at radius 1 is 1.25 bits per heavy atom. The lowest BCUT2D eigenvalue weighted by atomic mass is 10.0. The first-order valence-electron chi connectivity index (χ1n) is 5.93. The lowest BCUT2D eigenvalue weighted by Gasteiger charge is -2.05. The van der Waals surface area contributed by atoms with Crippen LogP contribution in [0, 0.1) is 13.8 Å². The highest BCUT2D eigenvalue weighted by Crippen LogP contribution is 2.39. The molecule has 3 nitrogen and oxygen atoms in total. The lowest BCUT2D eigenvalue weighted by molar-refractivity contribution is 1.07. The van der Waals surface area contributed by atoms with Gasteiger partial charge >= 0.3 is 0 Å². The van der Waals surface area contributed by atoms with Crippen LogP contribution in [0.3, 0.4) is 0 Å². The van der Waals surface area contributed by atoms with Crippen molar-refractivity contribution >= 4 is 44.8 Å². The van der Waals surface area contributed by atoms with Gasteiger partial charge in [0.15, 0.2) is 0 Å². The zero-order valence-electron chi connectivity index (χ0n) is 10.8. The van der Waals surface area contributed by atoms with E-state index < -0.39 is 0 Å². The minimum absolute atomic E-state index is 0.141. The van der Waals surface area contributed by atoms with Crippen LogP contribution >= 0.6 is 34.5 Å². The highest BCUT2D eigenvalue weighted by Gasteiger charge is 2.17. The van der Waals surface area contributed by atoms with E-state index in [1.54, 1.807) is 19.1 Å². The summed E-state index contributed by atoms with van der Waals surface area (Å²) in [6, 6.07) is 5.27. The summed E-state index contributed by atoms with van der Waals surface area (Å²) in [6.45, 7) is 3.73. The van der Waals surface area contributed by atoms with Crippen LogP contribution in [0.25, 0.3) is 21.3 Å². The first-order valence-corrected chi connectivity index (χ1v) is 7.50. The summed E-state index contributed by atoms with van der Waals surface area (Å²) in [5.74, 6) is 0.609. The molecule has 102 valence electrons. The number of nitrogens with zero attached hydrogens (tertiary/aromatic N) is 1. The monoisotopic (exact) mass is 324 g/mol. The van der Waals surface area contributed by atoms with Gasteiger partial charge in [-0.15, -0.1) is 11.3 Å². The second-order valence-corrected chi connectivity index (χ2v) is 6.54. The van der Waals surface area contributed by atoms with E-state index in [9.17, 15) is 4.79 Å². The molecule has 0 bridgehead atoms. The Bertz CT molecular complexity index is 883. The van der Waals surface area contributed by atoms with Crippen molar-refractivity contribution in [3.8, 4) is 11.1 Å². The van der Waals surface area contributed by atoms with Crippen molar-refractivity contribution in [2.24, 2.45) is 0 Å². The summed E-state index contributed by atoms with van der Waals surface area (Å²) >= 11 is 13.7. The predicted octanol–water partition coefficient (Wildman–Crippen LogP) is 4.58. The van der Waals surface area contributed by atoms with E-state index >= 15 is 0 Å². The molecule has 0 saturated heterocycles. The second-order valence-electron chi connectivity index (χ2n) is 4.49. The fraction of sp³-hybridized carbons (Fsp3) is 0.143. The van der Waals surface area contributed by atoms with Crippen LogP contribution in [0.5, 0.6) is 0 Å². The third kappa shape index (κ3) is 2.14. The van der Waals surface area contributed by atoms with E-state index in [1.165, 1.54) is 11.3 Å². The van der Waals surface area contributed by atoms with Crippen molar-refractivity contribution in [2.75, 3.05) is 0 Å². The minimum atomic E-state index is -0.141. The number of nitrogens with one attached hydrogen (secondary N) is 1. The molecule has 0 atom stereocenters. The van der Waals surface area contributed by atoms with E-state index in [-0.39, 0.29) is 5.56 Å². The van der Waals surface area contributed by atoms with E-state index in [0.29, 0.717) is 21.3 Å². The van der Waals surface area contributed by atoms with Gasteiger partial charge in [0.25, 0.3) is 5.56 Å². The van der Waals surface area contributed by atoms with Gasteiger partial charge in [0.2, 0.25) is 0 Å². The number of fused-ring (bicyclic) bond motifs is 1. The SMILES string of the molecule is Cc1nc2sc(C)c(-c3ccc(Cl)cc3Cl)c2c(=O)[nH]1. The average molecular weight is 325 g/mol. The maximum atomic E-state index is 12.2. The maximum absolute atomic E-state index is 12.2. The molecule has 0 aliphatic rings. The molecule has 3 rings (SSSR count). The zero-order valence-corrected chi connectivity index (χ0v) is 13.1. The lowest BCUT2D eigenvalue weighted by Crippen LogP contribution is -2.09. The van der Waals surface area contributed by atoms with E-state index in [1.807, 2.05) is 13.0 Å². The van der Waals surface area contributed by atoms with Gasteiger partial charge in [0.1, 0.15) is 10.7 Å². The van der Waals surface area contributed by atoms with Crippen LogP contribution in [0.2, 0.25) is 10.0 Å². The molecular weight excluding hydrogens is 315 g/mol. The number of aromatic nitrogens is 2. The summed E-state index contributed by atoms with van der Waals surface area (Å²) in [6.07, 6.45) is 0. The number of aromatic amines is 1. The molecule has 3 aromatic rings. The Morgan fingerprint density at radius 2 is 2.00 bits per heavy atom. The summed E-state index contributed by atoms with van der Waals surface area (Å²) in [7, 11) is 0. The van der Waals surface area contributed by atoms with Crippen LogP contribution in [0.4, 0.5) is 0 Å². The Labute approximate surface area is 129 Å². The van der Waals surface area contributed by atoms with Gasteiger partial charge in [-0.25, -0.2) is 4.98 Å². The number of hydrogen-bond acceptors (Lipinski definition) is 3. The van der Waals surface area contributed by atoms with Gasteiger partial charge in [-0.1, -0.05) is 29.3 Å². The number of thiophene rings is 1. The molecule has 0 aliphatic heterocycles. The van der Waals surface area contributed by atoms with Crippen LogP contribution in [0.15, 0.2) is 23.0 Å². The normalized spacial score (nSPS) is 11.2. The molecule has 2 aromatic heterocycles. The van der Waals surface area contributed by atoms with Gasteiger partial charge in [0, 0.05) is 26.0 Å². The first-order chi connectivity index (χ1) is 9.47.